The first-order valence-corrected chi connectivity index (χ1v) is 8.45. The summed E-state index contributed by atoms with van der Waals surface area (Å²) < 4.78 is 36.4. The van der Waals surface area contributed by atoms with Gasteiger partial charge in [0.2, 0.25) is 10.0 Å². The van der Waals surface area contributed by atoms with E-state index in [1.54, 1.807) is 0 Å². The van der Waals surface area contributed by atoms with Crippen LogP contribution >= 0.6 is 0 Å². The monoisotopic (exact) mass is 314 g/mol. The van der Waals surface area contributed by atoms with Gasteiger partial charge in [0, 0.05) is 12.1 Å². The number of halogens is 1. The smallest absolute Gasteiger partial charge is 0.251 e. The molecule has 1 amide bonds. The zero-order valence-electron chi connectivity index (χ0n) is 11.9. The Labute approximate surface area is 123 Å². The Bertz CT molecular complexity index is 652. The van der Waals surface area contributed by atoms with Crippen LogP contribution < -0.4 is 10.5 Å². The number of carbonyl (C=O) groups excluding carboxylic acids is 1. The van der Waals surface area contributed by atoms with Crippen LogP contribution in [0.25, 0.3) is 0 Å². The molecule has 0 atom stereocenters. The average Bonchev–Trinajstić information content (AvgIpc) is 2.90. The van der Waals surface area contributed by atoms with Crippen LogP contribution in [0.2, 0.25) is 0 Å². The Morgan fingerprint density at radius 2 is 2.00 bits per heavy atom. The van der Waals surface area contributed by atoms with Crippen molar-refractivity contribution in [1.29, 1.82) is 0 Å². The summed E-state index contributed by atoms with van der Waals surface area (Å²) in [4.78, 5) is 11.8. The van der Waals surface area contributed by atoms with Crippen LogP contribution in [0.4, 0.5) is 4.39 Å². The fourth-order valence-corrected chi connectivity index (χ4v) is 3.55. The van der Waals surface area contributed by atoms with Crippen LogP contribution in [0.15, 0.2) is 17.0 Å². The Kier molecular flexibility index (Phi) is 4.63. The molecule has 0 heterocycles. The molecule has 116 valence electrons. The van der Waals surface area contributed by atoms with Crippen molar-refractivity contribution in [1.82, 2.24) is 5.32 Å². The van der Waals surface area contributed by atoms with Gasteiger partial charge < -0.3 is 5.32 Å². The second-order valence-corrected chi connectivity index (χ2v) is 7.01. The topological polar surface area (TPSA) is 89.3 Å². The summed E-state index contributed by atoms with van der Waals surface area (Å²) in [5.41, 5.74) is 0.180. The number of amides is 1. The van der Waals surface area contributed by atoms with Gasteiger partial charge in [0.15, 0.2) is 0 Å². The Morgan fingerprint density at radius 3 is 2.57 bits per heavy atom. The highest BCUT2D eigenvalue weighted by Gasteiger charge is 2.21. The van der Waals surface area contributed by atoms with Crippen LogP contribution in [0.1, 0.15) is 41.6 Å². The third-order valence-corrected chi connectivity index (χ3v) is 4.94. The van der Waals surface area contributed by atoms with E-state index in [-0.39, 0.29) is 16.0 Å². The van der Waals surface area contributed by atoms with E-state index in [0.29, 0.717) is 12.5 Å². The second kappa shape index (κ2) is 6.11. The van der Waals surface area contributed by atoms with E-state index >= 15 is 0 Å². The van der Waals surface area contributed by atoms with Crippen molar-refractivity contribution in [2.24, 2.45) is 11.1 Å². The van der Waals surface area contributed by atoms with E-state index in [1.807, 2.05) is 0 Å². The van der Waals surface area contributed by atoms with Gasteiger partial charge in [-0.05, 0) is 43.4 Å². The van der Waals surface area contributed by atoms with Crippen molar-refractivity contribution < 1.29 is 17.6 Å². The fraction of sp³-hybridized carbons (Fsp3) is 0.500. The maximum atomic E-state index is 13.5. The molecule has 0 unspecified atom stereocenters. The molecule has 21 heavy (non-hydrogen) atoms. The summed E-state index contributed by atoms with van der Waals surface area (Å²) in [6, 6.07) is 1.87. The van der Waals surface area contributed by atoms with Crippen LogP contribution in [0.5, 0.6) is 0 Å². The lowest BCUT2D eigenvalue weighted by molar-refractivity contribution is 0.0946. The molecule has 0 radical (unpaired) electrons. The van der Waals surface area contributed by atoms with Gasteiger partial charge in [0.1, 0.15) is 5.82 Å². The SMILES string of the molecule is Cc1c(C(=O)NCC2CCCC2)cc(F)cc1S(N)(=O)=O. The summed E-state index contributed by atoms with van der Waals surface area (Å²) in [5, 5.41) is 7.79. The van der Waals surface area contributed by atoms with Crippen molar-refractivity contribution in [2.45, 2.75) is 37.5 Å². The molecular formula is C14H19FN2O3S. The predicted molar refractivity (Wildman–Crippen MR) is 76.8 cm³/mol. The minimum Gasteiger partial charge on any atom is -0.352 e. The zero-order chi connectivity index (χ0) is 15.6. The number of carbonyl (C=O) groups is 1. The van der Waals surface area contributed by atoms with Gasteiger partial charge in [-0.15, -0.1) is 0 Å². The van der Waals surface area contributed by atoms with Gasteiger partial charge in [-0.25, -0.2) is 17.9 Å². The quantitative estimate of drug-likeness (QED) is 0.886. The van der Waals surface area contributed by atoms with E-state index in [9.17, 15) is 17.6 Å². The highest BCUT2D eigenvalue weighted by Crippen LogP contribution is 2.24. The predicted octanol–water partition coefficient (Wildman–Crippen LogP) is 1.70. The zero-order valence-corrected chi connectivity index (χ0v) is 12.7. The molecule has 7 heteroatoms. The number of rotatable bonds is 4. The van der Waals surface area contributed by atoms with E-state index in [0.717, 1.165) is 37.8 Å². The molecule has 1 fully saturated rings. The lowest BCUT2D eigenvalue weighted by Gasteiger charge is -2.13. The summed E-state index contributed by atoms with van der Waals surface area (Å²) >= 11 is 0. The van der Waals surface area contributed by atoms with Crippen molar-refractivity contribution in [3.05, 3.63) is 29.1 Å². The fourth-order valence-electron chi connectivity index (χ4n) is 2.73. The molecule has 1 aliphatic carbocycles. The van der Waals surface area contributed by atoms with Gasteiger partial charge in [-0.1, -0.05) is 12.8 Å². The highest BCUT2D eigenvalue weighted by molar-refractivity contribution is 7.89. The molecule has 0 saturated heterocycles. The Hall–Kier alpha value is -1.47. The first-order chi connectivity index (χ1) is 9.79. The van der Waals surface area contributed by atoms with E-state index in [1.165, 1.54) is 6.92 Å². The number of hydrogen-bond acceptors (Lipinski definition) is 3. The molecular weight excluding hydrogens is 295 g/mol. The molecule has 0 bridgehead atoms. The van der Waals surface area contributed by atoms with Crippen LogP contribution in [0, 0.1) is 18.7 Å². The minimum atomic E-state index is -4.06. The van der Waals surface area contributed by atoms with E-state index in [2.05, 4.69) is 5.32 Å². The Balaban J connectivity index is 2.22. The summed E-state index contributed by atoms with van der Waals surface area (Å²) in [7, 11) is -4.06. The lowest BCUT2D eigenvalue weighted by atomic mass is 10.1. The van der Waals surface area contributed by atoms with Crippen LogP contribution in [-0.2, 0) is 10.0 Å². The third-order valence-electron chi connectivity index (χ3n) is 3.90. The van der Waals surface area contributed by atoms with Gasteiger partial charge in [0.05, 0.1) is 4.90 Å². The minimum absolute atomic E-state index is 0.0111. The van der Waals surface area contributed by atoms with E-state index in [4.69, 9.17) is 5.14 Å². The second-order valence-electron chi connectivity index (χ2n) is 5.48. The van der Waals surface area contributed by atoms with Crippen LogP contribution in [0.3, 0.4) is 0 Å². The maximum Gasteiger partial charge on any atom is 0.251 e. The van der Waals surface area contributed by atoms with Crippen molar-refractivity contribution in [2.75, 3.05) is 6.54 Å². The Morgan fingerprint density at radius 1 is 1.38 bits per heavy atom. The standard InChI is InChI=1S/C14H19FN2O3S/c1-9-12(6-11(15)7-13(9)21(16,19)20)14(18)17-8-10-4-2-3-5-10/h6-7,10H,2-5,8H2,1H3,(H,17,18)(H2,16,19,20). The molecule has 2 rings (SSSR count). The largest absolute Gasteiger partial charge is 0.352 e. The van der Waals surface area contributed by atoms with Gasteiger partial charge in [-0.2, -0.15) is 0 Å². The van der Waals surface area contributed by atoms with Crippen molar-refractivity contribution >= 4 is 15.9 Å². The number of nitrogens with two attached hydrogens (primary N) is 1. The molecule has 0 spiro atoms. The number of hydrogen-bond donors (Lipinski definition) is 2. The summed E-state index contributed by atoms with van der Waals surface area (Å²) in [6.45, 7) is 1.98. The number of benzene rings is 1. The molecule has 1 saturated carbocycles. The highest BCUT2D eigenvalue weighted by atomic mass is 32.2. The van der Waals surface area contributed by atoms with Gasteiger partial charge >= 0.3 is 0 Å². The van der Waals surface area contributed by atoms with Crippen LogP contribution in [-0.4, -0.2) is 20.9 Å². The first kappa shape index (κ1) is 15.9. The molecule has 3 N–H and O–H groups in total. The lowest BCUT2D eigenvalue weighted by Crippen LogP contribution is -2.29. The molecule has 0 aliphatic heterocycles. The molecule has 1 aromatic carbocycles. The molecule has 0 aromatic heterocycles. The molecule has 1 aliphatic rings. The van der Waals surface area contributed by atoms with Crippen molar-refractivity contribution in [3.63, 3.8) is 0 Å². The number of nitrogens with one attached hydrogen (secondary N) is 1. The van der Waals surface area contributed by atoms with E-state index < -0.39 is 21.7 Å². The summed E-state index contributed by atoms with van der Waals surface area (Å²) in [6.07, 6.45) is 4.47. The maximum absolute atomic E-state index is 13.5. The number of primary sulfonamides is 1. The van der Waals surface area contributed by atoms with Crippen molar-refractivity contribution in [3.8, 4) is 0 Å². The molecule has 5 nitrogen and oxygen atoms in total. The van der Waals surface area contributed by atoms with Gasteiger partial charge in [0.25, 0.3) is 5.91 Å². The molecule has 1 aromatic rings. The normalized spacial score (nSPS) is 16.1. The van der Waals surface area contributed by atoms with Gasteiger partial charge in [-0.3, -0.25) is 4.79 Å². The summed E-state index contributed by atoms with van der Waals surface area (Å²) in [5.74, 6) is -0.819. The third kappa shape index (κ3) is 3.79. The number of sulfonamides is 1. The average molecular weight is 314 g/mol. The first-order valence-electron chi connectivity index (χ1n) is 6.90.